The van der Waals surface area contributed by atoms with E-state index in [2.05, 4.69) is 6.92 Å². The summed E-state index contributed by atoms with van der Waals surface area (Å²) in [5, 5.41) is 9.13. The molecule has 0 bridgehead atoms. The number of piperidine rings is 1. The number of amides is 2. The molecule has 128 valence electrons. The van der Waals surface area contributed by atoms with Crippen LogP contribution < -0.4 is 9.64 Å². The molecule has 1 aromatic rings. The van der Waals surface area contributed by atoms with Crippen molar-refractivity contribution in [2.75, 3.05) is 31.1 Å². The maximum Gasteiger partial charge on any atom is 0.335 e. The van der Waals surface area contributed by atoms with E-state index in [0.717, 1.165) is 12.8 Å². The highest BCUT2D eigenvalue weighted by molar-refractivity contribution is 6.03. The minimum absolute atomic E-state index is 0.0521. The Bertz CT molecular complexity index is 680. The predicted molar refractivity (Wildman–Crippen MR) is 86.2 cm³/mol. The lowest BCUT2D eigenvalue weighted by Gasteiger charge is -2.34. The first-order valence-corrected chi connectivity index (χ1v) is 8.04. The second kappa shape index (κ2) is 6.51. The molecule has 7 heteroatoms. The minimum Gasteiger partial charge on any atom is -0.482 e. The number of fused-ring (bicyclic) bond motifs is 1. The van der Waals surface area contributed by atoms with Gasteiger partial charge in [0.2, 0.25) is 5.91 Å². The molecular weight excluding hydrogens is 312 g/mol. The fraction of sp³-hybridized carbons (Fsp3) is 0.471. The molecule has 7 nitrogen and oxygen atoms in total. The van der Waals surface area contributed by atoms with Crippen molar-refractivity contribution < 1.29 is 24.2 Å². The van der Waals surface area contributed by atoms with Crippen molar-refractivity contribution in [1.82, 2.24) is 4.90 Å². The lowest BCUT2D eigenvalue weighted by Crippen LogP contribution is -2.48. The molecule has 0 saturated carbocycles. The monoisotopic (exact) mass is 332 g/mol. The molecule has 1 N–H and O–H groups in total. The first-order chi connectivity index (χ1) is 11.5. The fourth-order valence-electron chi connectivity index (χ4n) is 3.00. The van der Waals surface area contributed by atoms with Crippen LogP contribution in [0.5, 0.6) is 5.75 Å². The fourth-order valence-corrected chi connectivity index (χ4v) is 3.00. The summed E-state index contributed by atoms with van der Waals surface area (Å²) in [6, 6.07) is 4.31. The van der Waals surface area contributed by atoms with Gasteiger partial charge in [0.05, 0.1) is 11.3 Å². The van der Waals surface area contributed by atoms with Crippen molar-refractivity contribution in [2.24, 2.45) is 5.92 Å². The summed E-state index contributed by atoms with van der Waals surface area (Å²) in [6.07, 6.45) is 1.92. The Kier molecular flexibility index (Phi) is 4.42. The quantitative estimate of drug-likeness (QED) is 0.903. The van der Waals surface area contributed by atoms with E-state index in [-0.39, 0.29) is 30.5 Å². The van der Waals surface area contributed by atoms with Crippen LogP contribution in [0.4, 0.5) is 5.69 Å². The second-order valence-corrected chi connectivity index (χ2v) is 6.32. The van der Waals surface area contributed by atoms with Gasteiger partial charge in [-0.3, -0.25) is 14.5 Å². The Balaban J connectivity index is 1.80. The second-order valence-electron chi connectivity index (χ2n) is 6.32. The van der Waals surface area contributed by atoms with Gasteiger partial charge in [0.25, 0.3) is 5.91 Å². The first kappa shape index (κ1) is 16.3. The number of ether oxygens (including phenoxy) is 1. The van der Waals surface area contributed by atoms with Crippen LogP contribution in [-0.2, 0) is 9.59 Å². The van der Waals surface area contributed by atoms with Crippen molar-refractivity contribution >= 4 is 23.5 Å². The van der Waals surface area contributed by atoms with E-state index < -0.39 is 5.97 Å². The number of aromatic carboxylic acids is 1. The van der Waals surface area contributed by atoms with E-state index in [0.29, 0.717) is 30.4 Å². The molecule has 24 heavy (non-hydrogen) atoms. The number of carboxylic acids is 1. The van der Waals surface area contributed by atoms with Crippen molar-refractivity contribution in [3.8, 4) is 5.75 Å². The maximum atomic E-state index is 12.5. The zero-order valence-corrected chi connectivity index (χ0v) is 13.5. The molecule has 0 aliphatic carbocycles. The molecule has 0 unspecified atom stereocenters. The largest absolute Gasteiger partial charge is 0.482 e. The number of carbonyl (C=O) groups is 3. The van der Waals surface area contributed by atoms with Crippen molar-refractivity contribution in [1.29, 1.82) is 0 Å². The normalized spacial score (nSPS) is 18.1. The minimum atomic E-state index is -1.09. The standard InChI is InChI=1S/C17H20N2O5/c1-11-4-6-18(7-5-11)15(20)9-19-13-8-12(17(22)23)2-3-14(13)24-10-16(19)21/h2-3,8,11H,4-7,9-10H2,1H3,(H,22,23). The Morgan fingerprint density at radius 3 is 2.67 bits per heavy atom. The number of likely N-dealkylation sites (tertiary alicyclic amines) is 1. The lowest BCUT2D eigenvalue weighted by atomic mass is 9.99. The van der Waals surface area contributed by atoms with Crippen LogP contribution in [0, 0.1) is 5.92 Å². The third kappa shape index (κ3) is 3.20. The van der Waals surface area contributed by atoms with Gasteiger partial charge < -0.3 is 14.7 Å². The van der Waals surface area contributed by atoms with Crippen LogP contribution in [0.1, 0.15) is 30.1 Å². The molecule has 1 aromatic carbocycles. The average Bonchev–Trinajstić information content (AvgIpc) is 2.57. The molecule has 0 atom stereocenters. The molecule has 0 radical (unpaired) electrons. The SMILES string of the molecule is CC1CCN(C(=O)CN2C(=O)COc3ccc(C(=O)O)cc32)CC1. The zero-order valence-electron chi connectivity index (χ0n) is 13.5. The Labute approximate surface area is 139 Å². The van der Waals surface area contributed by atoms with E-state index in [1.165, 1.54) is 23.1 Å². The molecule has 2 aliphatic heterocycles. The van der Waals surface area contributed by atoms with Crippen LogP contribution in [0.2, 0.25) is 0 Å². The molecule has 0 spiro atoms. The van der Waals surface area contributed by atoms with E-state index in [9.17, 15) is 14.4 Å². The Hall–Kier alpha value is -2.57. The summed E-state index contributed by atoms with van der Waals surface area (Å²) in [5.41, 5.74) is 0.390. The summed E-state index contributed by atoms with van der Waals surface area (Å²) >= 11 is 0. The third-order valence-corrected chi connectivity index (χ3v) is 4.58. The molecule has 3 rings (SSSR count). The highest BCUT2D eigenvalue weighted by Crippen LogP contribution is 2.33. The van der Waals surface area contributed by atoms with Crippen molar-refractivity contribution in [2.45, 2.75) is 19.8 Å². The first-order valence-electron chi connectivity index (χ1n) is 8.04. The molecule has 2 heterocycles. The van der Waals surface area contributed by atoms with Gasteiger partial charge in [-0.25, -0.2) is 4.79 Å². The number of hydrogen-bond donors (Lipinski definition) is 1. The van der Waals surface area contributed by atoms with E-state index in [1.54, 1.807) is 4.90 Å². The topological polar surface area (TPSA) is 87.2 Å². The molecular formula is C17H20N2O5. The van der Waals surface area contributed by atoms with E-state index >= 15 is 0 Å². The van der Waals surface area contributed by atoms with Crippen LogP contribution in [0.25, 0.3) is 0 Å². The summed E-state index contributed by atoms with van der Waals surface area (Å²) in [7, 11) is 0. The van der Waals surface area contributed by atoms with Crippen LogP contribution >= 0.6 is 0 Å². The van der Waals surface area contributed by atoms with E-state index in [4.69, 9.17) is 9.84 Å². The van der Waals surface area contributed by atoms with Crippen LogP contribution in [0.15, 0.2) is 18.2 Å². The van der Waals surface area contributed by atoms with Gasteiger partial charge in [-0.15, -0.1) is 0 Å². The molecule has 2 amide bonds. The lowest BCUT2D eigenvalue weighted by molar-refractivity contribution is -0.133. The summed E-state index contributed by atoms with van der Waals surface area (Å²) in [5.74, 6) is -0.530. The number of benzene rings is 1. The highest BCUT2D eigenvalue weighted by Gasteiger charge is 2.30. The number of hydrogen-bond acceptors (Lipinski definition) is 4. The number of carboxylic acid groups (broad SMARTS) is 1. The molecule has 0 aromatic heterocycles. The average molecular weight is 332 g/mol. The summed E-state index contributed by atoms with van der Waals surface area (Å²) in [6.45, 7) is 3.31. The maximum absolute atomic E-state index is 12.5. The highest BCUT2D eigenvalue weighted by atomic mass is 16.5. The molecule has 1 fully saturated rings. The number of nitrogens with zero attached hydrogens (tertiary/aromatic N) is 2. The Morgan fingerprint density at radius 1 is 1.29 bits per heavy atom. The van der Waals surface area contributed by atoms with Gasteiger partial charge in [0.15, 0.2) is 6.61 Å². The van der Waals surface area contributed by atoms with Gasteiger partial charge in [-0.2, -0.15) is 0 Å². The predicted octanol–water partition coefficient (Wildman–Crippen LogP) is 1.37. The van der Waals surface area contributed by atoms with Crippen molar-refractivity contribution in [3.05, 3.63) is 23.8 Å². The van der Waals surface area contributed by atoms with Crippen LogP contribution in [-0.4, -0.2) is 54.0 Å². The van der Waals surface area contributed by atoms with Gasteiger partial charge in [0, 0.05) is 13.1 Å². The molecule has 2 aliphatic rings. The van der Waals surface area contributed by atoms with Gasteiger partial charge in [0.1, 0.15) is 12.3 Å². The number of anilines is 1. The zero-order chi connectivity index (χ0) is 17.3. The Morgan fingerprint density at radius 2 is 2.00 bits per heavy atom. The van der Waals surface area contributed by atoms with Gasteiger partial charge >= 0.3 is 5.97 Å². The number of rotatable bonds is 3. The van der Waals surface area contributed by atoms with Gasteiger partial charge in [-0.05, 0) is 37.0 Å². The summed E-state index contributed by atoms with van der Waals surface area (Å²) in [4.78, 5) is 39.0. The third-order valence-electron chi connectivity index (χ3n) is 4.58. The van der Waals surface area contributed by atoms with Crippen LogP contribution in [0.3, 0.4) is 0 Å². The van der Waals surface area contributed by atoms with Gasteiger partial charge in [-0.1, -0.05) is 6.92 Å². The number of carbonyl (C=O) groups excluding carboxylic acids is 2. The summed E-state index contributed by atoms with van der Waals surface area (Å²) < 4.78 is 5.33. The van der Waals surface area contributed by atoms with Crippen molar-refractivity contribution in [3.63, 3.8) is 0 Å². The smallest absolute Gasteiger partial charge is 0.335 e. The van der Waals surface area contributed by atoms with E-state index in [1.807, 2.05) is 0 Å². The molecule has 1 saturated heterocycles.